The van der Waals surface area contributed by atoms with Gasteiger partial charge in [0.25, 0.3) is 0 Å². The molecule has 0 N–H and O–H groups in total. The van der Waals surface area contributed by atoms with E-state index in [4.69, 9.17) is 0 Å². The van der Waals surface area contributed by atoms with Crippen LogP contribution in [0, 0.1) is 0 Å². The molecule has 0 spiro atoms. The predicted molar refractivity (Wildman–Crippen MR) is 59.8 cm³/mol. The van der Waals surface area contributed by atoms with E-state index in [1.54, 1.807) is 0 Å². The van der Waals surface area contributed by atoms with Gasteiger partial charge in [0.2, 0.25) is 0 Å². The summed E-state index contributed by atoms with van der Waals surface area (Å²) >= 11 is 0. The first-order chi connectivity index (χ1) is 7.53. The van der Waals surface area contributed by atoms with E-state index >= 15 is 0 Å². The standard InChI is InChI=1S/C11H17NO3S/c1-2-11-7-3-4-8-12(11)9-5-6-10-16(13,14)15/h3-4,7-8H,2,5-6,9-10H2,1H3. The molecule has 90 valence electrons. The van der Waals surface area contributed by atoms with Crippen molar-refractivity contribution in [3.8, 4) is 0 Å². The van der Waals surface area contributed by atoms with Crippen molar-refractivity contribution in [1.29, 1.82) is 0 Å². The molecule has 0 saturated heterocycles. The Balaban J connectivity index is 2.43. The van der Waals surface area contributed by atoms with Crippen LogP contribution in [0.2, 0.25) is 0 Å². The molecular formula is C11H17NO3S. The number of unbranched alkanes of at least 4 members (excludes halogenated alkanes) is 1. The molecule has 0 amide bonds. The molecule has 1 rings (SSSR count). The van der Waals surface area contributed by atoms with Gasteiger partial charge in [-0.1, -0.05) is 13.0 Å². The van der Waals surface area contributed by atoms with Gasteiger partial charge in [-0.3, -0.25) is 0 Å². The topological polar surface area (TPSA) is 61.1 Å². The van der Waals surface area contributed by atoms with Crippen LogP contribution >= 0.6 is 0 Å². The summed E-state index contributed by atoms with van der Waals surface area (Å²) in [5.41, 5.74) is 1.22. The maximum atomic E-state index is 10.4. The molecule has 0 aromatic carbocycles. The number of nitrogens with zero attached hydrogens (tertiary/aromatic N) is 1. The first-order valence-electron chi connectivity index (χ1n) is 5.44. The molecule has 0 fully saturated rings. The van der Waals surface area contributed by atoms with E-state index in [1.165, 1.54) is 5.69 Å². The monoisotopic (exact) mass is 243 g/mol. The molecule has 4 nitrogen and oxygen atoms in total. The van der Waals surface area contributed by atoms with Crippen LogP contribution in [-0.2, 0) is 23.1 Å². The maximum Gasteiger partial charge on any atom is 0.181 e. The number of aryl methyl sites for hydroxylation is 2. The van der Waals surface area contributed by atoms with Crippen molar-refractivity contribution in [2.24, 2.45) is 0 Å². The van der Waals surface area contributed by atoms with Gasteiger partial charge in [0.05, 0.1) is 10.1 Å². The molecule has 0 aliphatic rings. The van der Waals surface area contributed by atoms with Crippen molar-refractivity contribution in [3.05, 3.63) is 30.1 Å². The zero-order chi connectivity index (χ0) is 12.0. The lowest BCUT2D eigenvalue weighted by molar-refractivity contribution is -0.704. The van der Waals surface area contributed by atoms with Gasteiger partial charge in [-0.2, -0.15) is 0 Å². The fourth-order valence-electron chi connectivity index (χ4n) is 1.61. The van der Waals surface area contributed by atoms with Gasteiger partial charge in [-0.05, 0) is 6.42 Å². The van der Waals surface area contributed by atoms with Gasteiger partial charge in [0.15, 0.2) is 11.9 Å². The summed E-state index contributed by atoms with van der Waals surface area (Å²) in [6.45, 7) is 2.84. The zero-order valence-electron chi connectivity index (χ0n) is 9.43. The van der Waals surface area contributed by atoms with Crippen molar-refractivity contribution < 1.29 is 17.5 Å². The van der Waals surface area contributed by atoms with Crippen LogP contribution < -0.4 is 4.57 Å². The molecule has 0 aliphatic carbocycles. The maximum absolute atomic E-state index is 10.4. The molecule has 0 aliphatic heterocycles. The molecule has 1 aromatic rings. The van der Waals surface area contributed by atoms with E-state index in [-0.39, 0.29) is 5.75 Å². The summed E-state index contributed by atoms with van der Waals surface area (Å²) in [6.07, 6.45) is 4.06. The molecule has 1 aromatic heterocycles. The van der Waals surface area contributed by atoms with E-state index in [2.05, 4.69) is 11.5 Å². The summed E-state index contributed by atoms with van der Waals surface area (Å²) in [6, 6.07) is 5.98. The van der Waals surface area contributed by atoms with Crippen molar-refractivity contribution in [2.75, 3.05) is 5.75 Å². The molecule has 0 bridgehead atoms. The van der Waals surface area contributed by atoms with Gasteiger partial charge in [0.1, 0.15) is 6.54 Å². The largest absolute Gasteiger partial charge is 0.748 e. The Kier molecular flexibility index (Phi) is 4.89. The van der Waals surface area contributed by atoms with Gasteiger partial charge >= 0.3 is 0 Å². The molecule has 0 saturated carbocycles. The highest BCUT2D eigenvalue weighted by Gasteiger charge is 2.06. The molecular weight excluding hydrogens is 226 g/mol. The molecule has 5 heteroatoms. The number of aromatic nitrogens is 1. The van der Waals surface area contributed by atoms with Crippen LogP contribution in [0.25, 0.3) is 0 Å². The van der Waals surface area contributed by atoms with Crippen LogP contribution in [-0.4, -0.2) is 18.7 Å². The number of hydrogen-bond acceptors (Lipinski definition) is 3. The third-order valence-electron chi connectivity index (χ3n) is 2.44. The first kappa shape index (κ1) is 13.1. The van der Waals surface area contributed by atoms with E-state index in [1.807, 2.05) is 24.4 Å². The van der Waals surface area contributed by atoms with Gasteiger partial charge in [0, 0.05) is 30.7 Å². The highest BCUT2D eigenvalue weighted by molar-refractivity contribution is 7.85. The average molecular weight is 243 g/mol. The predicted octanol–water partition coefficient (Wildman–Crippen LogP) is 0.862. The molecule has 0 atom stereocenters. The second-order valence-electron chi connectivity index (χ2n) is 3.71. The van der Waals surface area contributed by atoms with E-state index in [9.17, 15) is 13.0 Å². The Morgan fingerprint density at radius 2 is 2.06 bits per heavy atom. The van der Waals surface area contributed by atoms with E-state index in [0.717, 1.165) is 13.0 Å². The summed E-state index contributed by atoms with van der Waals surface area (Å²) in [4.78, 5) is 0. The summed E-state index contributed by atoms with van der Waals surface area (Å²) in [5.74, 6) is -0.262. The third-order valence-corrected chi connectivity index (χ3v) is 3.23. The van der Waals surface area contributed by atoms with Crippen LogP contribution in [0.4, 0.5) is 0 Å². The molecule has 0 unspecified atom stereocenters. The lowest BCUT2D eigenvalue weighted by Gasteiger charge is -2.05. The second-order valence-corrected chi connectivity index (χ2v) is 5.23. The quantitative estimate of drug-likeness (QED) is 0.423. The lowest BCUT2D eigenvalue weighted by atomic mass is 10.2. The van der Waals surface area contributed by atoms with Crippen molar-refractivity contribution in [3.63, 3.8) is 0 Å². The number of hydrogen-bond donors (Lipinski definition) is 0. The van der Waals surface area contributed by atoms with Crippen LogP contribution in [0.1, 0.15) is 25.5 Å². The fraction of sp³-hybridized carbons (Fsp3) is 0.545. The van der Waals surface area contributed by atoms with Crippen molar-refractivity contribution in [2.45, 2.75) is 32.7 Å². The molecule has 16 heavy (non-hydrogen) atoms. The Labute approximate surface area is 96.7 Å². The lowest BCUT2D eigenvalue weighted by Crippen LogP contribution is -2.37. The average Bonchev–Trinajstić information content (AvgIpc) is 2.23. The summed E-state index contributed by atoms with van der Waals surface area (Å²) < 4.78 is 33.3. The minimum absolute atomic E-state index is 0.262. The molecule has 0 radical (unpaired) electrons. The van der Waals surface area contributed by atoms with Crippen LogP contribution in [0.5, 0.6) is 0 Å². The van der Waals surface area contributed by atoms with E-state index in [0.29, 0.717) is 12.8 Å². The summed E-state index contributed by atoms with van der Waals surface area (Å²) in [7, 11) is -4.05. The summed E-state index contributed by atoms with van der Waals surface area (Å²) in [5, 5.41) is 0. The Morgan fingerprint density at radius 1 is 1.31 bits per heavy atom. The zero-order valence-corrected chi connectivity index (χ0v) is 10.2. The van der Waals surface area contributed by atoms with Gasteiger partial charge < -0.3 is 4.55 Å². The van der Waals surface area contributed by atoms with Crippen molar-refractivity contribution in [1.82, 2.24) is 0 Å². The Morgan fingerprint density at radius 3 is 2.69 bits per heavy atom. The smallest absolute Gasteiger partial charge is 0.181 e. The molecule has 1 heterocycles. The fourth-order valence-corrected chi connectivity index (χ4v) is 2.17. The highest BCUT2D eigenvalue weighted by atomic mass is 32.2. The number of pyridine rings is 1. The minimum Gasteiger partial charge on any atom is -0.748 e. The Hall–Kier alpha value is -0.940. The normalized spacial score (nSPS) is 11.6. The third kappa shape index (κ3) is 4.72. The number of rotatable bonds is 6. The van der Waals surface area contributed by atoms with Gasteiger partial charge in [-0.25, -0.2) is 13.0 Å². The second kappa shape index (κ2) is 5.96. The highest BCUT2D eigenvalue weighted by Crippen LogP contribution is 1.97. The minimum atomic E-state index is -4.05. The van der Waals surface area contributed by atoms with Crippen molar-refractivity contribution >= 4 is 10.1 Å². The van der Waals surface area contributed by atoms with Crippen LogP contribution in [0.3, 0.4) is 0 Å². The van der Waals surface area contributed by atoms with Crippen LogP contribution in [0.15, 0.2) is 24.4 Å². The SMILES string of the molecule is CCc1cccc[n+]1CCCCS(=O)(=O)[O-]. The first-order valence-corrected chi connectivity index (χ1v) is 7.01. The van der Waals surface area contributed by atoms with E-state index < -0.39 is 10.1 Å². The Bertz CT molecular complexity index is 429. The van der Waals surface area contributed by atoms with Gasteiger partial charge in [-0.15, -0.1) is 0 Å².